The Labute approximate surface area is 226 Å². The van der Waals surface area contributed by atoms with Gasteiger partial charge in [0.1, 0.15) is 18.5 Å². The number of aliphatic hydroxyl groups excluding tert-OH is 1. The molecule has 11 heteroatoms. The van der Waals surface area contributed by atoms with E-state index in [0.29, 0.717) is 53.3 Å². The molecule has 1 heterocycles. The predicted octanol–water partition coefficient (Wildman–Crippen LogP) is 4.58. The fourth-order valence-corrected chi connectivity index (χ4v) is 4.83. The highest BCUT2D eigenvalue weighted by Crippen LogP contribution is 2.36. The molecule has 0 radical (unpaired) electrons. The zero-order valence-corrected chi connectivity index (χ0v) is 22.5. The van der Waals surface area contributed by atoms with Crippen molar-refractivity contribution in [3.8, 4) is 17.2 Å². The summed E-state index contributed by atoms with van der Waals surface area (Å²) in [5.74, 6) is 1.95. The number of hydrogen-bond acceptors (Lipinski definition) is 7. The van der Waals surface area contributed by atoms with Gasteiger partial charge < -0.3 is 19.3 Å². The first-order valence-electron chi connectivity index (χ1n) is 11.6. The van der Waals surface area contributed by atoms with Gasteiger partial charge in [-0.05, 0) is 54.4 Å². The van der Waals surface area contributed by atoms with Crippen molar-refractivity contribution in [1.29, 1.82) is 0 Å². The van der Waals surface area contributed by atoms with Crippen LogP contribution in [0.15, 0.2) is 60.7 Å². The molecule has 0 bridgehead atoms. The molecule has 0 saturated carbocycles. The highest BCUT2D eigenvalue weighted by atomic mass is 35.5. The topological polar surface area (TPSA) is 97.3 Å². The minimum absolute atomic E-state index is 0.0641. The van der Waals surface area contributed by atoms with Crippen molar-refractivity contribution in [2.45, 2.75) is 19.1 Å². The van der Waals surface area contributed by atoms with Gasteiger partial charge in [0, 0.05) is 30.9 Å². The van der Waals surface area contributed by atoms with Crippen molar-refractivity contribution in [1.82, 2.24) is 4.90 Å². The van der Waals surface area contributed by atoms with Gasteiger partial charge in [0.05, 0.1) is 16.3 Å². The van der Waals surface area contributed by atoms with Crippen LogP contribution in [0.2, 0.25) is 10.0 Å². The lowest BCUT2D eigenvalue weighted by molar-refractivity contribution is 0.0656. The van der Waals surface area contributed by atoms with Crippen LogP contribution in [0.25, 0.3) is 0 Å². The van der Waals surface area contributed by atoms with Crippen molar-refractivity contribution in [2.24, 2.45) is 0 Å². The normalized spacial score (nSPS) is 13.5. The number of nitrogens with zero attached hydrogens (tertiary/aromatic N) is 1. The second kappa shape index (κ2) is 12.2. The lowest BCUT2D eigenvalue weighted by atomic mass is 10.1. The quantitative estimate of drug-likeness (QED) is 0.331. The first kappa shape index (κ1) is 27.3. The summed E-state index contributed by atoms with van der Waals surface area (Å²) in [5, 5.41) is 11.8. The van der Waals surface area contributed by atoms with E-state index in [2.05, 4.69) is 9.62 Å². The van der Waals surface area contributed by atoms with Crippen LogP contribution in [0.5, 0.6) is 17.2 Å². The first-order valence-corrected chi connectivity index (χ1v) is 14.2. The fraction of sp³-hybridized carbons (Fsp3) is 0.308. The zero-order valence-electron chi connectivity index (χ0n) is 20.2. The third kappa shape index (κ3) is 8.15. The average molecular weight is 567 g/mol. The SMILES string of the molecule is CS(=O)(=O)Nc1ccc(OC[C@@H](O)CN(CCc2ccc(Cl)c(Cl)c2)Cc2cccc3c2OCO3)cc1. The predicted molar refractivity (Wildman–Crippen MR) is 144 cm³/mol. The number of halogens is 2. The van der Waals surface area contributed by atoms with Gasteiger partial charge in [0.25, 0.3) is 0 Å². The van der Waals surface area contributed by atoms with Crippen molar-refractivity contribution in [3.63, 3.8) is 0 Å². The zero-order chi connectivity index (χ0) is 26.4. The number of fused-ring (bicyclic) bond motifs is 1. The van der Waals surface area contributed by atoms with E-state index >= 15 is 0 Å². The van der Waals surface area contributed by atoms with E-state index in [1.165, 1.54) is 0 Å². The summed E-state index contributed by atoms with van der Waals surface area (Å²) in [6.07, 6.45) is 1.01. The van der Waals surface area contributed by atoms with Crippen molar-refractivity contribution < 1.29 is 27.7 Å². The van der Waals surface area contributed by atoms with Gasteiger partial charge in [-0.3, -0.25) is 9.62 Å². The minimum atomic E-state index is -3.36. The Bertz CT molecular complexity index is 1320. The van der Waals surface area contributed by atoms with E-state index in [1.54, 1.807) is 30.3 Å². The summed E-state index contributed by atoms with van der Waals surface area (Å²) in [7, 11) is -3.36. The molecule has 2 N–H and O–H groups in total. The molecule has 3 aromatic carbocycles. The van der Waals surface area contributed by atoms with Crippen molar-refractivity contribution in [3.05, 3.63) is 81.8 Å². The molecule has 1 aliphatic rings. The number of hydrogen-bond donors (Lipinski definition) is 2. The van der Waals surface area contributed by atoms with E-state index in [1.807, 2.05) is 30.3 Å². The van der Waals surface area contributed by atoms with Crippen LogP contribution < -0.4 is 18.9 Å². The van der Waals surface area contributed by atoms with Crippen LogP contribution in [-0.2, 0) is 23.0 Å². The Morgan fingerprint density at radius 2 is 1.86 bits per heavy atom. The summed E-state index contributed by atoms with van der Waals surface area (Å²) in [5.41, 5.74) is 2.43. The molecule has 4 rings (SSSR count). The molecule has 198 valence electrons. The average Bonchev–Trinajstić information content (AvgIpc) is 3.33. The van der Waals surface area contributed by atoms with Crippen LogP contribution in [-0.4, -0.2) is 57.3 Å². The van der Waals surface area contributed by atoms with Gasteiger partial charge in [-0.15, -0.1) is 0 Å². The highest BCUT2D eigenvalue weighted by Gasteiger charge is 2.21. The lowest BCUT2D eigenvalue weighted by Gasteiger charge is -2.26. The van der Waals surface area contributed by atoms with Gasteiger partial charge in [0.2, 0.25) is 16.8 Å². The Morgan fingerprint density at radius 1 is 1.08 bits per heavy atom. The van der Waals surface area contributed by atoms with Gasteiger partial charge in [-0.2, -0.15) is 0 Å². The summed E-state index contributed by atoms with van der Waals surface area (Å²) >= 11 is 12.2. The van der Waals surface area contributed by atoms with E-state index in [9.17, 15) is 13.5 Å². The molecule has 1 aliphatic heterocycles. The lowest BCUT2D eigenvalue weighted by Crippen LogP contribution is -2.36. The van der Waals surface area contributed by atoms with Crippen LogP contribution >= 0.6 is 23.2 Å². The molecule has 0 amide bonds. The molecule has 0 aliphatic carbocycles. The summed E-state index contributed by atoms with van der Waals surface area (Å²) < 4.78 is 42.0. The molecule has 0 fully saturated rings. The van der Waals surface area contributed by atoms with Crippen LogP contribution in [0.3, 0.4) is 0 Å². The van der Waals surface area contributed by atoms with Crippen molar-refractivity contribution in [2.75, 3.05) is 37.5 Å². The molecule has 0 unspecified atom stereocenters. The molecular weight excluding hydrogens is 539 g/mol. The number of nitrogens with one attached hydrogen (secondary N) is 1. The molecule has 3 aromatic rings. The molecule has 0 aromatic heterocycles. The molecular formula is C26H28Cl2N2O6S. The number of benzene rings is 3. The van der Waals surface area contributed by atoms with Gasteiger partial charge in [-0.1, -0.05) is 41.4 Å². The number of anilines is 1. The van der Waals surface area contributed by atoms with E-state index in [0.717, 1.165) is 23.1 Å². The third-order valence-corrected chi connectivity index (χ3v) is 6.99. The van der Waals surface area contributed by atoms with E-state index in [4.69, 9.17) is 37.4 Å². The van der Waals surface area contributed by atoms with Gasteiger partial charge in [-0.25, -0.2) is 8.42 Å². The molecule has 0 spiro atoms. The van der Waals surface area contributed by atoms with Gasteiger partial charge in [0.15, 0.2) is 11.5 Å². The number of ether oxygens (including phenoxy) is 3. The Morgan fingerprint density at radius 3 is 2.59 bits per heavy atom. The number of para-hydroxylation sites is 1. The summed E-state index contributed by atoms with van der Waals surface area (Å²) in [6.45, 7) is 1.78. The highest BCUT2D eigenvalue weighted by molar-refractivity contribution is 7.92. The maximum atomic E-state index is 11.4. The number of sulfonamides is 1. The Kier molecular flexibility index (Phi) is 9.04. The third-order valence-electron chi connectivity index (χ3n) is 5.64. The number of aliphatic hydroxyl groups is 1. The van der Waals surface area contributed by atoms with E-state index < -0.39 is 16.1 Å². The second-order valence-corrected chi connectivity index (χ2v) is 11.3. The smallest absolute Gasteiger partial charge is 0.231 e. The van der Waals surface area contributed by atoms with E-state index in [-0.39, 0.29) is 13.4 Å². The summed E-state index contributed by atoms with van der Waals surface area (Å²) in [4.78, 5) is 2.12. The maximum absolute atomic E-state index is 11.4. The maximum Gasteiger partial charge on any atom is 0.231 e. The van der Waals surface area contributed by atoms with Crippen LogP contribution in [0.4, 0.5) is 5.69 Å². The fourth-order valence-electron chi connectivity index (χ4n) is 3.95. The summed E-state index contributed by atoms with van der Waals surface area (Å²) in [6, 6.07) is 17.8. The standard InChI is InChI=1S/C26H28Cl2N2O6S/c1-37(32,33)29-20-6-8-22(9-7-20)34-16-21(31)15-30(12-11-18-5-10-23(27)24(28)13-18)14-19-3-2-4-25-26(19)36-17-35-25/h2-10,13,21,29,31H,11-12,14-17H2,1H3/t21-/m0/s1. The molecule has 8 nitrogen and oxygen atoms in total. The van der Waals surface area contributed by atoms with Crippen LogP contribution in [0.1, 0.15) is 11.1 Å². The Balaban J connectivity index is 1.39. The Hall–Kier alpha value is -2.69. The largest absolute Gasteiger partial charge is 0.491 e. The molecule has 37 heavy (non-hydrogen) atoms. The van der Waals surface area contributed by atoms with Crippen LogP contribution in [0, 0.1) is 0 Å². The van der Waals surface area contributed by atoms with Crippen molar-refractivity contribution >= 4 is 38.9 Å². The second-order valence-electron chi connectivity index (χ2n) is 8.75. The van der Waals surface area contributed by atoms with Gasteiger partial charge >= 0.3 is 0 Å². The minimum Gasteiger partial charge on any atom is -0.491 e. The molecule has 0 saturated heterocycles. The monoisotopic (exact) mass is 566 g/mol. The molecule has 1 atom stereocenters. The first-order chi connectivity index (χ1) is 17.7. The number of rotatable bonds is 12.